The van der Waals surface area contributed by atoms with E-state index in [1.54, 1.807) is 6.08 Å². The van der Waals surface area contributed by atoms with Gasteiger partial charge in [-0.25, -0.2) is 8.78 Å². The Morgan fingerprint density at radius 3 is 2.36 bits per heavy atom. The van der Waals surface area contributed by atoms with E-state index in [4.69, 9.17) is 16.7 Å². The van der Waals surface area contributed by atoms with Crippen LogP contribution in [0.25, 0.3) is 6.08 Å². The van der Waals surface area contributed by atoms with Crippen LogP contribution in [0.5, 0.6) is 5.75 Å². The van der Waals surface area contributed by atoms with Gasteiger partial charge in [-0.05, 0) is 6.42 Å². The van der Waals surface area contributed by atoms with Gasteiger partial charge in [0.15, 0.2) is 0 Å². The van der Waals surface area contributed by atoms with E-state index < -0.39 is 17.4 Å². The van der Waals surface area contributed by atoms with Crippen LogP contribution in [0.2, 0.25) is 0 Å². The van der Waals surface area contributed by atoms with Gasteiger partial charge in [0.25, 0.3) is 0 Å². The van der Waals surface area contributed by atoms with Crippen molar-refractivity contribution in [3.8, 4) is 5.75 Å². The molecule has 0 aromatic heterocycles. The summed E-state index contributed by atoms with van der Waals surface area (Å²) in [6.45, 7) is 0. The van der Waals surface area contributed by atoms with Gasteiger partial charge in [-0.2, -0.15) is 0 Å². The van der Waals surface area contributed by atoms with Crippen molar-refractivity contribution in [3.05, 3.63) is 35.4 Å². The molecular formula is C10H9ClF2O. The highest BCUT2D eigenvalue weighted by atomic mass is 35.5. The average molecular weight is 219 g/mol. The number of rotatable bonds is 3. The Hall–Kier alpha value is -1.09. The van der Waals surface area contributed by atoms with Crippen molar-refractivity contribution in [1.29, 1.82) is 0 Å². The van der Waals surface area contributed by atoms with Crippen molar-refractivity contribution in [2.75, 3.05) is 5.88 Å². The zero-order chi connectivity index (χ0) is 10.6. The van der Waals surface area contributed by atoms with E-state index in [0.29, 0.717) is 12.3 Å². The predicted molar refractivity (Wildman–Crippen MR) is 52.4 cm³/mol. The summed E-state index contributed by atoms with van der Waals surface area (Å²) in [5.74, 6) is -1.59. The molecule has 0 spiro atoms. The van der Waals surface area contributed by atoms with Crippen LogP contribution in [0.1, 0.15) is 12.0 Å². The molecule has 0 aliphatic heterocycles. The zero-order valence-corrected chi connectivity index (χ0v) is 8.06. The van der Waals surface area contributed by atoms with Gasteiger partial charge < -0.3 is 5.11 Å². The molecule has 0 atom stereocenters. The number of phenolic OH excluding ortho intramolecular Hbond substituents is 1. The second-order valence-electron chi connectivity index (χ2n) is 2.70. The molecule has 1 N–H and O–H groups in total. The van der Waals surface area contributed by atoms with Crippen LogP contribution < -0.4 is 0 Å². The summed E-state index contributed by atoms with van der Waals surface area (Å²) in [5, 5.41) is 8.86. The third kappa shape index (κ3) is 2.70. The van der Waals surface area contributed by atoms with E-state index in [0.717, 1.165) is 12.1 Å². The van der Waals surface area contributed by atoms with Crippen LogP contribution in [-0.4, -0.2) is 11.0 Å². The SMILES string of the molecule is Oc1cc(F)c(C=CCCCl)c(F)c1. The zero-order valence-electron chi connectivity index (χ0n) is 7.30. The highest BCUT2D eigenvalue weighted by Gasteiger charge is 2.07. The molecule has 0 radical (unpaired) electrons. The Balaban J connectivity index is 2.96. The second-order valence-corrected chi connectivity index (χ2v) is 3.08. The van der Waals surface area contributed by atoms with Crippen molar-refractivity contribution in [2.24, 2.45) is 0 Å². The maximum absolute atomic E-state index is 13.1. The molecular weight excluding hydrogens is 210 g/mol. The monoisotopic (exact) mass is 218 g/mol. The van der Waals surface area contributed by atoms with Gasteiger partial charge in [-0.15, -0.1) is 11.6 Å². The molecule has 14 heavy (non-hydrogen) atoms. The molecule has 1 aromatic carbocycles. The Bertz CT molecular complexity index is 327. The second kappa shape index (κ2) is 4.96. The summed E-state index contributed by atoms with van der Waals surface area (Å²) < 4.78 is 26.1. The fourth-order valence-corrected chi connectivity index (χ4v) is 1.12. The molecule has 0 fully saturated rings. The van der Waals surface area contributed by atoms with Crippen LogP contribution >= 0.6 is 11.6 Å². The lowest BCUT2D eigenvalue weighted by Crippen LogP contribution is -1.88. The number of aromatic hydroxyl groups is 1. The summed E-state index contributed by atoms with van der Waals surface area (Å²) in [7, 11) is 0. The normalized spacial score (nSPS) is 11.1. The first-order valence-corrected chi connectivity index (χ1v) is 4.59. The molecule has 0 amide bonds. The third-order valence-corrected chi connectivity index (χ3v) is 1.84. The molecule has 0 saturated carbocycles. The summed E-state index contributed by atoms with van der Waals surface area (Å²) in [4.78, 5) is 0. The number of halogens is 3. The fraction of sp³-hybridized carbons (Fsp3) is 0.200. The van der Waals surface area contributed by atoms with E-state index >= 15 is 0 Å². The maximum Gasteiger partial charge on any atom is 0.137 e. The van der Waals surface area contributed by atoms with Crippen molar-refractivity contribution < 1.29 is 13.9 Å². The predicted octanol–water partition coefficient (Wildman–Crippen LogP) is 3.31. The topological polar surface area (TPSA) is 20.2 Å². The highest BCUT2D eigenvalue weighted by Crippen LogP contribution is 2.20. The average Bonchev–Trinajstić information content (AvgIpc) is 2.09. The number of hydrogen-bond acceptors (Lipinski definition) is 1. The van der Waals surface area contributed by atoms with Gasteiger partial charge in [-0.1, -0.05) is 12.2 Å². The minimum Gasteiger partial charge on any atom is -0.508 e. The smallest absolute Gasteiger partial charge is 0.137 e. The van der Waals surface area contributed by atoms with Crippen LogP contribution in [0, 0.1) is 11.6 Å². The molecule has 1 aromatic rings. The number of phenols is 1. The van der Waals surface area contributed by atoms with E-state index in [1.165, 1.54) is 6.08 Å². The molecule has 1 rings (SSSR count). The van der Waals surface area contributed by atoms with Crippen molar-refractivity contribution >= 4 is 17.7 Å². The molecule has 0 unspecified atom stereocenters. The minimum absolute atomic E-state index is 0.159. The van der Waals surface area contributed by atoms with E-state index in [9.17, 15) is 8.78 Å². The van der Waals surface area contributed by atoms with Crippen molar-refractivity contribution in [3.63, 3.8) is 0 Å². The first kappa shape index (κ1) is 11.0. The Labute approximate surface area is 85.6 Å². The molecule has 0 bridgehead atoms. The molecule has 76 valence electrons. The van der Waals surface area contributed by atoms with Crippen molar-refractivity contribution in [1.82, 2.24) is 0 Å². The fourth-order valence-electron chi connectivity index (χ4n) is 0.994. The first-order chi connectivity index (χ1) is 6.65. The Morgan fingerprint density at radius 1 is 1.29 bits per heavy atom. The number of alkyl halides is 1. The highest BCUT2D eigenvalue weighted by molar-refractivity contribution is 6.17. The number of benzene rings is 1. The number of allylic oxidation sites excluding steroid dienone is 1. The summed E-state index contributed by atoms with van der Waals surface area (Å²) in [5.41, 5.74) is -0.159. The summed E-state index contributed by atoms with van der Waals surface area (Å²) >= 11 is 5.39. The van der Waals surface area contributed by atoms with Gasteiger partial charge in [0.05, 0.1) is 0 Å². The van der Waals surface area contributed by atoms with Crippen molar-refractivity contribution in [2.45, 2.75) is 6.42 Å². The van der Waals surface area contributed by atoms with Crippen LogP contribution in [-0.2, 0) is 0 Å². The van der Waals surface area contributed by atoms with Gasteiger partial charge in [0.1, 0.15) is 17.4 Å². The van der Waals surface area contributed by atoms with Gasteiger partial charge in [-0.3, -0.25) is 0 Å². The standard InChI is InChI=1S/C10H9ClF2O/c11-4-2-1-3-8-9(12)5-7(14)6-10(8)13/h1,3,5-6,14H,2,4H2. The van der Waals surface area contributed by atoms with Gasteiger partial charge in [0, 0.05) is 23.6 Å². The Kier molecular flexibility index (Phi) is 3.89. The Morgan fingerprint density at radius 2 is 1.86 bits per heavy atom. The molecule has 4 heteroatoms. The lowest BCUT2D eigenvalue weighted by Gasteiger charge is -2.00. The van der Waals surface area contributed by atoms with Crippen LogP contribution in [0.4, 0.5) is 8.78 Å². The minimum atomic E-state index is -0.784. The third-order valence-electron chi connectivity index (χ3n) is 1.62. The first-order valence-electron chi connectivity index (χ1n) is 4.05. The molecule has 0 saturated heterocycles. The lowest BCUT2D eigenvalue weighted by molar-refractivity contribution is 0.460. The van der Waals surface area contributed by atoms with Gasteiger partial charge >= 0.3 is 0 Å². The van der Waals surface area contributed by atoms with Crippen LogP contribution in [0.15, 0.2) is 18.2 Å². The summed E-state index contributed by atoms with van der Waals surface area (Å²) in [6, 6.07) is 1.73. The maximum atomic E-state index is 13.1. The quantitative estimate of drug-likeness (QED) is 0.772. The van der Waals surface area contributed by atoms with Crippen LogP contribution in [0.3, 0.4) is 0 Å². The molecule has 0 aliphatic carbocycles. The largest absolute Gasteiger partial charge is 0.508 e. The molecule has 1 nitrogen and oxygen atoms in total. The summed E-state index contributed by atoms with van der Waals surface area (Å²) in [6.07, 6.45) is 3.43. The van der Waals surface area contributed by atoms with E-state index in [1.807, 2.05) is 0 Å². The van der Waals surface area contributed by atoms with E-state index in [2.05, 4.69) is 0 Å². The molecule has 0 heterocycles. The molecule has 0 aliphatic rings. The van der Waals surface area contributed by atoms with E-state index in [-0.39, 0.29) is 5.56 Å². The van der Waals surface area contributed by atoms with Gasteiger partial charge in [0.2, 0.25) is 0 Å². The number of hydrogen-bond donors (Lipinski definition) is 1. The lowest BCUT2D eigenvalue weighted by atomic mass is 10.1.